The molecule has 0 atom stereocenters. The van der Waals surface area contributed by atoms with Crippen molar-refractivity contribution in [2.24, 2.45) is 0 Å². The second kappa shape index (κ2) is 15.1. The van der Waals surface area contributed by atoms with Crippen LogP contribution in [0.2, 0.25) is 0 Å². The van der Waals surface area contributed by atoms with Crippen molar-refractivity contribution < 1.29 is 0 Å². The number of pyridine rings is 1. The van der Waals surface area contributed by atoms with Crippen LogP contribution < -0.4 is 0 Å². The lowest BCUT2D eigenvalue weighted by molar-refractivity contribution is 0.659. The van der Waals surface area contributed by atoms with Gasteiger partial charge in [-0.25, -0.2) is 0 Å². The SMILES string of the molecule is CC1(C)c2cc(-c3ccc4c(c3)C(C)(C)c3cc(-c5ccccn5)ccc3-4)ccc2-c2ccc(-c3ccc4c(c3)C(C)(C)c3cc(-c5cc(-c6ccccc6)ccc5-c5ccccc5)ccc3-4)cc21. The van der Waals surface area contributed by atoms with E-state index in [9.17, 15) is 0 Å². The van der Waals surface area contributed by atoms with Gasteiger partial charge in [-0.05, 0) is 177 Å². The Kier molecular flexibility index (Phi) is 9.02. The van der Waals surface area contributed by atoms with E-state index in [0.29, 0.717) is 0 Å². The maximum atomic E-state index is 4.65. The number of benzene rings is 9. The zero-order valence-electron chi connectivity index (χ0n) is 40.2. The molecule has 3 aliphatic rings. The first kappa shape index (κ1) is 41.3. The summed E-state index contributed by atoms with van der Waals surface area (Å²) in [7, 11) is 0. The van der Waals surface area contributed by atoms with Gasteiger partial charge in [0.2, 0.25) is 0 Å². The van der Waals surface area contributed by atoms with Crippen molar-refractivity contribution in [3.63, 3.8) is 0 Å². The van der Waals surface area contributed by atoms with Gasteiger partial charge in [0, 0.05) is 28.0 Å². The minimum absolute atomic E-state index is 0.130. The van der Waals surface area contributed by atoms with Crippen LogP contribution in [-0.4, -0.2) is 4.98 Å². The second-order valence-electron chi connectivity index (χ2n) is 21.1. The van der Waals surface area contributed by atoms with Gasteiger partial charge >= 0.3 is 0 Å². The normalized spacial score (nSPS) is 14.9. The molecule has 0 N–H and O–H groups in total. The summed E-state index contributed by atoms with van der Waals surface area (Å²) in [5, 5.41) is 0. The number of nitrogens with zero attached hydrogens (tertiary/aromatic N) is 1. The Bertz CT molecular complexity index is 3720. The number of hydrogen-bond acceptors (Lipinski definition) is 1. The summed E-state index contributed by atoms with van der Waals surface area (Å²) >= 11 is 0. The highest BCUT2D eigenvalue weighted by Gasteiger charge is 2.39. The van der Waals surface area contributed by atoms with E-state index >= 15 is 0 Å². The number of fused-ring (bicyclic) bond motifs is 9. The molecule has 1 nitrogen and oxygen atoms in total. The van der Waals surface area contributed by atoms with Crippen molar-refractivity contribution in [1.29, 1.82) is 0 Å². The Morgan fingerprint density at radius 1 is 0.232 bits per heavy atom. The summed E-state index contributed by atoms with van der Waals surface area (Å²) in [5.41, 5.74) is 30.5. The Morgan fingerprint density at radius 3 is 0.957 bits per heavy atom. The Labute approximate surface area is 406 Å². The predicted octanol–water partition coefficient (Wildman–Crippen LogP) is 18.0. The molecule has 0 saturated heterocycles. The molecule has 0 spiro atoms. The molecule has 69 heavy (non-hydrogen) atoms. The number of rotatable bonds is 6. The van der Waals surface area contributed by atoms with Gasteiger partial charge in [-0.3, -0.25) is 4.98 Å². The maximum absolute atomic E-state index is 4.65. The fourth-order valence-corrected chi connectivity index (χ4v) is 12.3. The molecule has 1 aromatic heterocycles. The zero-order chi connectivity index (χ0) is 46.8. The van der Waals surface area contributed by atoms with Crippen LogP contribution in [0.25, 0.3) is 100 Å². The smallest absolute Gasteiger partial charge is 0.0702 e. The molecule has 3 aliphatic carbocycles. The molecular formula is C68H53N. The molecule has 0 bridgehead atoms. The monoisotopic (exact) mass is 883 g/mol. The van der Waals surface area contributed by atoms with Crippen LogP contribution in [-0.2, 0) is 16.2 Å². The second-order valence-corrected chi connectivity index (χ2v) is 21.1. The van der Waals surface area contributed by atoms with Crippen molar-refractivity contribution in [1.82, 2.24) is 4.98 Å². The fourth-order valence-electron chi connectivity index (χ4n) is 12.3. The summed E-state index contributed by atoms with van der Waals surface area (Å²) in [4.78, 5) is 4.65. The quantitative estimate of drug-likeness (QED) is 0.162. The van der Waals surface area contributed by atoms with Crippen molar-refractivity contribution in [2.75, 3.05) is 0 Å². The standard InChI is InChI=1S/C68H53N/c1-66(2)59-36-45(21-28-52(59)53-29-22-46(37-60(53)66)48-24-31-55-57-33-26-50(65-19-13-14-34-69-65)41-64(57)68(5,6)62(55)39-48)47-23-30-54-56-32-25-49(40-63(56)67(3,4)61(54)38-47)58-35-44(42-15-9-7-10-16-42)20-27-51(58)43-17-11-8-12-18-43/h7-41H,1-6H3. The van der Waals surface area contributed by atoms with Gasteiger partial charge in [-0.1, -0.05) is 193 Å². The van der Waals surface area contributed by atoms with Gasteiger partial charge in [-0.2, -0.15) is 0 Å². The van der Waals surface area contributed by atoms with Crippen LogP contribution in [0.15, 0.2) is 212 Å². The first-order valence-electron chi connectivity index (χ1n) is 24.5. The Hall–Kier alpha value is -7.87. The summed E-state index contributed by atoms with van der Waals surface area (Å²) in [5.74, 6) is 0. The molecule has 1 heterocycles. The van der Waals surface area contributed by atoms with Gasteiger partial charge in [0.25, 0.3) is 0 Å². The lowest BCUT2D eigenvalue weighted by atomic mass is 9.79. The van der Waals surface area contributed by atoms with E-state index in [1.54, 1.807) is 0 Å². The molecule has 0 radical (unpaired) electrons. The van der Waals surface area contributed by atoms with E-state index < -0.39 is 0 Å². The van der Waals surface area contributed by atoms with Gasteiger partial charge < -0.3 is 0 Å². The van der Waals surface area contributed by atoms with E-state index in [-0.39, 0.29) is 16.2 Å². The van der Waals surface area contributed by atoms with Crippen LogP contribution in [0.1, 0.15) is 74.9 Å². The minimum atomic E-state index is -0.179. The maximum Gasteiger partial charge on any atom is 0.0702 e. The van der Waals surface area contributed by atoms with Crippen LogP contribution in [0, 0.1) is 0 Å². The largest absolute Gasteiger partial charge is 0.256 e. The molecule has 1 heteroatoms. The average Bonchev–Trinajstić information content (AvgIpc) is 3.87. The van der Waals surface area contributed by atoms with E-state index in [0.717, 1.165) is 5.69 Å². The summed E-state index contributed by atoms with van der Waals surface area (Å²) in [6.07, 6.45) is 1.88. The molecular weight excluding hydrogens is 831 g/mol. The van der Waals surface area contributed by atoms with Crippen LogP contribution in [0.3, 0.4) is 0 Å². The van der Waals surface area contributed by atoms with Gasteiger partial charge in [0.15, 0.2) is 0 Å². The van der Waals surface area contributed by atoms with Gasteiger partial charge in [0.05, 0.1) is 5.69 Å². The molecule has 0 saturated carbocycles. The molecule has 330 valence electrons. The fraction of sp³-hybridized carbons (Fsp3) is 0.132. The summed E-state index contributed by atoms with van der Waals surface area (Å²) < 4.78 is 0. The highest BCUT2D eigenvalue weighted by Crippen LogP contribution is 2.55. The van der Waals surface area contributed by atoms with Gasteiger partial charge in [-0.15, -0.1) is 0 Å². The van der Waals surface area contributed by atoms with Crippen molar-refractivity contribution in [3.05, 3.63) is 246 Å². The highest BCUT2D eigenvalue weighted by molar-refractivity contribution is 5.93. The molecule has 0 amide bonds. The molecule has 0 fully saturated rings. The predicted molar refractivity (Wildman–Crippen MR) is 290 cm³/mol. The third-order valence-corrected chi connectivity index (χ3v) is 16.2. The zero-order valence-corrected chi connectivity index (χ0v) is 40.2. The number of aromatic nitrogens is 1. The highest BCUT2D eigenvalue weighted by atomic mass is 14.7. The molecule has 0 aliphatic heterocycles. The average molecular weight is 884 g/mol. The Balaban J connectivity index is 0.814. The van der Waals surface area contributed by atoms with Crippen LogP contribution in [0.5, 0.6) is 0 Å². The Morgan fingerprint density at radius 2 is 0.551 bits per heavy atom. The summed E-state index contributed by atoms with van der Waals surface area (Å²) in [6.45, 7) is 14.4. The molecule has 0 unspecified atom stereocenters. The third-order valence-electron chi connectivity index (χ3n) is 16.2. The van der Waals surface area contributed by atoms with Crippen molar-refractivity contribution in [3.8, 4) is 100 Å². The molecule has 9 aromatic carbocycles. The van der Waals surface area contributed by atoms with E-state index in [1.165, 1.54) is 128 Å². The van der Waals surface area contributed by atoms with Crippen LogP contribution in [0.4, 0.5) is 0 Å². The van der Waals surface area contributed by atoms with E-state index in [1.807, 2.05) is 12.3 Å². The van der Waals surface area contributed by atoms with Crippen LogP contribution >= 0.6 is 0 Å². The van der Waals surface area contributed by atoms with Gasteiger partial charge in [0.1, 0.15) is 0 Å². The third kappa shape index (κ3) is 6.33. The lowest BCUT2D eigenvalue weighted by Crippen LogP contribution is -2.16. The van der Waals surface area contributed by atoms with Crippen molar-refractivity contribution >= 4 is 0 Å². The number of hydrogen-bond donors (Lipinski definition) is 0. The van der Waals surface area contributed by atoms with E-state index in [4.69, 9.17) is 0 Å². The lowest BCUT2D eigenvalue weighted by Gasteiger charge is -2.24. The summed E-state index contributed by atoms with van der Waals surface area (Å²) in [6, 6.07) is 77.4. The topological polar surface area (TPSA) is 12.9 Å². The first-order chi connectivity index (χ1) is 33.4. The minimum Gasteiger partial charge on any atom is -0.256 e. The molecule has 13 rings (SSSR count). The van der Waals surface area contributed by atoms with E-state index in [2.05, 4.69) is 247 Å². The first-order valence-corrected chi connectivity index (χ1v) is 24.5. The van der Waals surface area contributed by atoms with Crippen molar-refractivity contribution in [2.45, 2.75) is 57.8 Å². The molecule has 10 aromatic rings.